The quantitative estimate of drug-likeness (QED) is 0.462. The van der Waals surface area contributed by atoms with Gasteiger partial charge < -0.3 is 4.74 Å². The molecule has 4 aromatic rings. The van der Waals surface area contributed by atoms with E-state index in [0.29, 0.717) is 11.1 Å². The van der Waals surface area contributed by atoms with Crippen LogP contribution in [0.15, 0.2) is 65.8 Å². The van der Waals surface area contributed by atoms with Crippen molar-refractivity contribution >= 4 is 26.8 Å². The highest BCUT2D eigenvalue weighted by atomic mass is 32.2. The summed E-state index contributed by atoms with van der Waals surface area (Å²) in [6, 6.07) is 12.1. The van der Waals surface area contributed by atoms with E-state index in [1.165, 1.54) is 31.4 Å². The molecule has 0 unspecified atom stereocenters. The summed E-state index contributed by atoms with van der Waals surface area (Å²) in [6.45, 7) is 5.82. The first kappa shape index (κ1) is 23.4. The lowest BCUT2D eigenvalue weighted by atomic mass is 9.87. The molecular weight excluding hydrogens is 459 g/mol. The molecule has 2 aromatic carbocycles. The first-order chi connectivity index (χ1) is 16.0. The number of fused-ring (bicyclic) bond motifs is 1. The van der Waals surface area contributed by atoms with Gasteiger partial charge in [-0.1, -0.05) is 26.8 Å². The number of aromatic nitrogens is 3. The Hall–Kier alpha value is -3.79. The molecule has 0 aliphatic rings. The maximum atomic E-state index is 14.6. The molecular formula is C24H23FN4O4S. The summed E-state index contributed by atoms with van der Waals surface area (Å²) in [4.78, 5) is 16.8. The van der Waals surface area contributed by atoms with E-state index in [4.69, 9.17) is 4.74 Å². The molecule has 0 saturated heterocycles. The van der Waals surface area contributed by atoms with Crippen LogP contribution in [0.5, 0.6) is 5.75 Å². The number of sulfonamides is 1. The number of benzene rings is 2. The molecule has 8 nitrogen and oxygen atoms in total. The Labute approximate surface area is 196 Å². The smallest absolute Gasteiger partial charge is 0.283 e. The molecule has 0 spiro atoms. The first-order valence-electron chi connectivity index (χ1n) is 10.4. The molecule has 1 N–H and O–H groups in total. The fourth-order valence-electron chi connectivity index (χ4n) is 3.49. The van der Waals surface area contributed by atoms with Crippen LogP contribution in [0.1, 0.15) is 36.8 Å². The van der Waals surface area contributed by atoms with Crippen LogP contribution >= 0.6 is 0 Å². The number of methoxy groups -OCH3 is 1. The van der Waals surface area contributed by atoms with Crippen LogP contribution in [0.4, 0.5) is 4.39 Å². The Balaban J connectivity index is 1.72. The summed E-state index contributed by atoms with van der Waals surface area (Å²) < 4.78 is 49.5. The Morgan fingerprint density at radius 1 is 1.12 bits per heavy atom. The topological polar surface area (TPSA) is 103 Å². The van der Waals surface area contributed by atoms with E-state index >= 15 is 0 Å². The third kappa shape index (κ3) is 4.36. The predicted octanol–water partition coefficient (Wildman–Crippen LogP) is 3.98. The predicted molar refractivity (Wildman–Crippen MR) is 125 cm³/mol. The monoisotopic (exact) mass is 482 g/mol. The van der Waals surface area contributed by atoms with E-state index in [0.717, 1.165) is 5.56 Å². The second kappa shape index (κ2) is 8.53. The van der Waals surface area contributed by atoms with Crippen molar-refractivity contribution < 1.29 is 22.3 Å². The molecule has 0 atom stereocenters. The number of carbonyl (C=O) groups is 1. The molecule has 4 rings (SSSR count). The SMILES string of the molecule is COc1ccc(C(C)(C)C)cc1S(=O)(=O)NC(=O)c1ccc2c(-n3cccn3)ccc(F)c2n1. The highest BCUT2D eigenvalue weighted by Gasteiger charge is 2.26. The molecule has 2 aromatic heterocycles. The van der Waals surface area contributed by atoms with Gasteiger partial charge in [0, 0.05) is 17.8 Å². The number of nitrogens with zero attached hydrogens (tertiary/aromatic N) is 3. The Morgan fingerprint density at radius 2 is 1.88 bits per heavy atom. The molecule has 1 amide bonds. The molecule has 0 aliphatic carbocycles. The Bertz CT molecular complexity index is 1490. The number of halogens is 1. The normalized spacial score (nSPS) is 12.0. The second-order valence-electron chi connectivity index (χ2n) is 8.66. The van der Waals surface area contributed by atoms with Gasteiger partial charge in [-0.2, -0.15) is 5.10 Å². The fourth-order valence-corrected chi connectivity index (χ4v) is 4.65. The summed E-state index contributed by atoms with van der Waals surface area (Å²) in [5.74, 6) is -1.55. The number of carbonyl (C=O) groups excluding carboxylic acids is 1. The zero-order valence-electron chi connectivity index (χ0n) is 19.0. The van der Waals surface area contributed by atoms with Crippen LogP contribution in [0.2, 0.25) is 0 Å². The van der Waals surface area contributed by atoms with Gasteiger partial charge in [-0.3, -0.25) is 4.79 Å². The lowest BCUT2D eigenvalue weighted by Gasteiger charge is -2.21. The highest BCUT2D eigenvalue weighted by Crippen LogP contribution is 2.31. The maximum Gasteiger partial charge on any atom is 0.283 e. The standard InChI is InChI=1S/C24H23FN4O4S/c1-24(2,3)15-6-11-20(33-4)21(14-15)34(31,32)28-23(30)18-9-7-16-19(29-13-5-12-26-29)10-8-17(25)22(16)27-18/h5-14H,1-4H3,(H,28,30). The minimum absolute atomic E-state index is 0.0784. The zero-order chi connectivity index (χ0) is 24.7. The van der Waals surface area contributed by atoms with Crippen LogP contribution in [0.3, 0.4) is 0 Å². The second-order valence-corrected chi connectivity index (χ2v) is 10.3. The molecule has 0 saturated carbocycles. The van der Waals surface area contributed by atoms with Gasteiger partial charge in [0.1, 0.15) is 27.7 Å². The van der Waals surface area contributed by atoms with E-state index in [2.05, 4.69) is 10.1 Å². The number of pyridine rings is 1. The van der Waals surface area contributed by atoms with Gasteiger partial charge in [0.2, 0.25) is 0 Å². The molecule has 2 heterocycles. The molecule has 176 valence electrons. The summed E-state index contributed by atoms with van der Waals surface area (Å²) in [6.07, 6.45) is 3.27. The van der Waals surface area contributed by atoms with Crippen molar-refractivity contribution in [1.29, 1.82) is 0 Å². The molecule has 10 heteroatoms. The van der Waals surface area contributed by atoms with E-state index in [1.807, 2.05) is 25.5 Å². The summed E-state index contributed by atoms with van der Waals surface area (Å²) in [5, 5.41) is 4.56. The Kier molecular flexibility index (Phi) is 5.86. The average molecular weight is 483 g/mol. The third-order valence-electron chi connectivity index (χ3n) is 5.32. The van der Waals surface area contributed by atoms with Crippen LogP contribution in [0, 0.1) is 5.82 Å². The summed E-state index contributed by atoms with van der Waals surface area (Å²) in [5.41, 5.74) is 0.656. The van der Waals surface area contributed by atoms with Crippen molar-refractivity contribution in [2.75, 3.05) is 7.11 Å². The van der Waals surface area contributed by atoms with Gasteiger partial charge >= 0.3 is 0 Å². The van der Waals surface area contributed by atoms with Gasteiger partial charge in [-0.15, -0.1) is 0 Å². The maximum absolute atomic E-state index is 14.6. The van der Waals surface area contributed by atoms with Crippen LogP contribution in [0.25, 0.3) is 16.6 Å². The van der Waals surface area contributed by atoms with E-state index in [1.54, 1.807) is 41.3 Å². The number of hydrogen-bond donors (Lipinski definition) is 1. The van der Waals surface area contributed by atoms with Gasteiger partial charge in [0.25, 0.3) is 15.9 Å². The molecule has 0 bridgehead atoms. The van der Waals surface area contributed by atoms with Gasteiger partial charge in [0.05, 0.1) is 12.8 Å². The summed E-state index contributed by atoms with van der Waals surface area (Å²) >= 11 is 0. The van der Waals surface area contributed by atoms with Crippen molar-refractivity contribution in [3.63, 3.8) is 0 Å². The van der Waals surface area contributed by atoms with Gasteiger partial charge in [-0.05, 0) is 53.4 Å². The molecule has 34 heavy (non-hydrogen) atoms. The minimum Gasteiger partial charge on any atom is -0.495 e. The van der Waals surface area contributed by atoms with Gasteiger partial charge in [-0.25, -0.2) is 27.2 Å². The summed E-state index contributed by atoms with van der Waals surface area (Å²) in [7, 11) is -2.97. The van der Waals surface area contributed by atoms with Crippen molar-refractivity contribution in [3.8, 4) is 11.4 Å². The van der Waals surface area contributed by atoms with Crippen LogP contribution in [-0.4, -0.2) is 36.2 Å². The molecule has 0 aliphatic heterocycles. The van der Waals surface area contributed by atoms with Gasteiger partial charge in [0.15, 0.2) is 0 Å². The lowest BCUT2D eigenvalue weighted by Crippen LogP contribution is -2.31. The van der Waals surface area contributed by atoms with Crippen molar-refractivity contribution in [3.05, 3.63) is 78.0 Å². The number of nitrogens with one attached hydrogen (secondary N) is 1. The molecule has 0 fully saturated rings. The largest absolute Gasteiger partial charge is 0.495 e. The van der Waals surface area contributed by atoms with Crippen molar-refractivity contribution in [2.24, 2.45) is 0 Å². The van der Waals surface area contributed by atoms with Crippen LogP contribution in [-0.2, 0) is 15.4 Å². The van der Waals surface area contributed by atoms with Crippen molar-refractivity contribution in [1.82, 2.24) is 19.5 Å². The van der Waals surface area contributed by atoms with Crippen molar-refractivity contribution in [2.45, 2.75) is 31.1 Å². The number of ether oxygens (including phenoxy) is 1. The lowest BCUT2D eigenvalue weighted by molar-refractivity contribution is 0.0977. The van der Waals surface area contributed by atoms with E-state index in [-0.39, 0.29) is 27.3 Å². The zero-order valence-corrected chi connectivity index (χ0v) is 19.9. The van der Waals surface area contributed by atoms with E-state index < -0.39 is 21.7 Å². The minimum atomic E-state index is -4.31. The third-order valence-corrected chi connectivity index (χ3v) is 6.67. The fraction of sp³-hybridized carbons (Fsp3) is 0.208. The molecule has 0 radical (unpaired) electrons. The number of rotatable bonds is 5. The number of hydrogen-bond acceptors (Lipinski definition) is 6. The number of amides is 1. The van der Waals surface area contributed by atoms with E-state index in [9.17, 15) is 17.6 Å². The average Bonchev–Trinajstić information content (AvgIpc) is 3.32. The Morgan fingerprint density at radius 3 is 2.53 bits per heavy atom. The highest BCUT2D eigenvalue weighted by molar-refractivity contribution is 7.90. The van der Waals surface area contributed by atoms with Crippen LogP contribution < -0.4 is 9.46 Å². The first-order valence-corrected chi connectivity index (χ1v) is 11.8.